The second-order valence-electron chi connectivity index (χ2n) is 7.72. The number of piperidine rings is 1. The fraction of sp³-hybridized carbons (Fsp3) is 0.364. The van der Waals surface area contributed by atoms with Crippen molar-refractivity contribution in [1.82, 2.24) is 14.3 Å². The van der Waals surface area contributed by atoms with Crippen LogP contribution in [0.15, 0.2) is 59.8 Å². The van der Waals surface area contributed by atoms with Crippen LogP contribution in [0.25, 0.3) is 0 Å². The minimum atomic E-state index is -4.33. The summed E-state index contributed by atoms with van der Waals surface area (Å²) in [6, 6.07) is 1.66. The first-order valence-electron chi connectivity index (χ1n) is 10.2. The number of allylic oxidation sites excluding steroid dienone is 3. The first-order chi connectivity index (χ1) is 15.2. The van der Waals surface area contributed by atoms with Gasteiger partial charge in [0.05, 0.1) is 0 Å². The van der Waals surface area contributed by atoms with Crippen LogP contribution in [0.5, 0.6) is 0 Å². The standard InChI is InChI=1S/C22H26F2N4O2S2/c1-4-5-6-8-15(2)21-16(3)9-7-10-28(21)13-17-11-19(24)20(12-18(17)23)32(29,30)27-22-25-14-26-31-22/h4-6,8,11-12,14,16,21H,2,7,9-10,13H2,1,3H3,(H,25,26,27)/b5-4-,8-6-/t16-,21-/m0/s1. The van der Waals surface area contributed by atoms with Crippen molar-refractivity contribution in [3.63, 3.8) is 0 Å². The molecular formula is C22H26F2N4O2S2. The monoisotopic (exact) mass is 480 g/mol. The molecule has 32 heavy (non-hydrogen) atoms. The lowest BCUT2D eigenvalue weighted by Gasteiger charge is -2.40. The van der Waals surface area contributed by atoms with Crippen LogP contribution in [0.2, 0.25) is 0 Å². The third-order valence-electron chi connectivity index (χ3n) is 5.38. The molecule has 2 heterocycles. The van der Waals surface area contributed by atoms with Crippen LogP contribution in [-0.2, 0) is 16.6 Å². The summed E-state index contributed by atoms with van der Waals surface area (Å²) in [5.74, 6) is -1.50. The molecule has 1 aliphatic rings. The molecule has 2 aromatic rings. The van der Waals surface area contributed by atoms with Crippen molar-refractivity contribution in [3.05, 3.63) is 72.1 Å². The van der Waals surface area contributed by atoms with Crippen LogP contribution in [0, 0.1) is 17.6 Å². The van der Waals surface area contributed by atoms with Crippen LogP contribution in [-0.4, -0.2) is 35.3 Å². The Morgan fingerprint density at radius 1 is 1.34 bits per heavy atom. The zero-order valence-electron chi connectivity index (χ0n) is 18.0. The van der Waals surface area contributed by atoms with E-state index in [9.17, 15) is 17.2 Å². The topological polar surface area (TPSA) is 75.2 Å². The lowest BCUT2D eigenvalue weighted by Crippen LogP contribution is -2.44. The van der Waals surface area contributed by atoms with E-state index in [0.717, 1.165) is 42.1 Å². The molecule has 0 bridgehead atoms. The summed E-state index contributed by atoms with van der Waals surface area (Å²) in [6.45, 7) is 9.10. The molecule has 1 aromatic carbocycles. The normalized spacial score (nSPS) is 20.2. The van der Waals surface area contributed by atoms with Crippen LogP contribution in [0.1, 0.15) is 32.3 Å². The highest BCUT2D eigenvalue weighted by atomic mass is 32.2. The lowest BCUT2D eigenvalue weighted by atomic mass is 9.85. The Morgan fingerprint density at radius 3 is 2.81 bits per heavy atom. The Bertz CT molecular complexity index is 1120. The zero-order chi connectivity index (χ0) is 23.3. The molecule has 1 fully saturated rings. The third kappa shape index (κ3) is 5.67. The quantitative estimate of drug-likeness (QED) is 0.544. The Hall–Kier alpha value is -2.43. The minimum absolute atomic E-state index is 0.0183. The van der Waals surface area contributed by atoms with Crippen LogP contribution >= 0.6 is 11.5 Å². The molecule has 0 amide bonds. The zero-order valence-corrected chi connectivity index (χ0v) is 19.6. The maximum atomic E-state index is 14.9. The number of sulfonamides is 1. The van der Waals surface area contributed by atoms with Gasteiger partial charge >= 0.3 is 0 Å². The molecule has 0 spiro atoms. The number of halogens is 2. The van der Waals surface area contributed by atoms with Gasteiger partial charge in [0.25, 0.3) is 10.0 Å². The van der Waals surface area contributed by atoms with E-state index < -0.39 is 26.6 Å². The molecule has 172 valence electrons. The smallest absolute Gasteiger partial charge is 0.266 e. The molecule has 0 aliphatic carbocycles. The first-order valence-corrected chi connectivity index (χ1v) is 12.5. The summed E-state index contributed by atoms with van der Waals surface area (Å²) in [5.41, 5.74) is 0.998. The maximum absolute atomic E-state index is 14.9. The number of hydrogen-bond acceptors (Lipinski definition) is 6. The molecule has 10 heteroatoms. The van der Waals surface area contributed by atoms with Crippen molar-refractivity contribution < 1.29 is 17.2 Å². The minimum Gasteiger partial charge on any atom is -0.292 e. The van der Waals surface area contributed by atoms with Gasteiger partial charge in [0.1, 0.15) is 22.9 Å². The number of nitrogens with zero attached hydrogens (tertiary/aromatic N) is 3. The fourth-order valence-electron chi connectivity index (χ4n) is 3.94. The molecule has 2 atom stereocenters. The van der Waals surface area contributed by atoms with Crippen molar-refractivity contribution in [2.24, 2.45) is 5.92 Å². The predicted molar refractivity (Wildman–Crippen MR) is 123 cm³/mol. The number of hydrogen-bond donors (Lipinski definition) is 1. The van der Waals surface area contributed by atoms with Gasteiger partial charge in [-0.25, -0.2) is 22.2 Å². The van der Waals surface area contributed by atoms with E-state index in [1.807, 2.05) is 31.2 Å². The summed E-state index contributed by atoms with van der Waals surface area (Å²) >= 11 is 0.799. The molecular weight excluding hydrogens is 454 g/mol. The van der Waals surface area contributed by atoms with Gasteiger partial charge in [-0.2, -0.15) is 4.37 Å². The number of anilines is 1. The molecule has 6 nitrogen and oxygen atoms in total. The summed E-state index contributed by atoms with van der Waals surface area (Å²) in [6.07, 6.45) is 10.8. The molecule has 0 unspecified atom stereocenters. The van der Waals surface area contributed by atoms with Gasteiger partial charge in [0.15, 0.2) is 0 Å². The second kappa shape index (κ2) is 10.5. The lowest BCUT2D eigenvalue weighted by molar-refractivity contribution is 0.119. The van der Waals surface area contributed by atoms with Crippen LogP contribution in [0.4, 0.5) is 13.9 Å². The Balaban J connectivity index is 1.84. The van der Waals surface area contributed by atoms with Gasteiger partial charge in [0, 0.05) is 29.7 Å². The van der Waals surface area contributed by atoms with E-state index in [4.69, 9.17) is 0 Å². The van der Waals surface area contributed by atoms with Crippen molar-refractivity contribution >= 4 is 26.7 Å². The molecule has 1 N–H and O–H groups in total. The Labute approximate surface area is 191 Å². The highest BCUT2D eigenvalue weighted by Crippen LogP contribution is 2.31. The Kier molecular flexibility index (Phi) is 7.91. The Morgan fingerprint density at radius 2 is 2.12 bits per heavy atom. The summed E-state index contributed by atoms with van der Waals surface area (Å²) in [4.78, 5) is 5.01. The number of benzene rings is 1. The molecule has 0 saturated carbocycles. The third-order valence-corrected chi connectivity index (χ3v) is 7.44. The number of nitrogens with one attached hydrogen (secondary N) is 1. The number of aromatic nitrogens is 2. The molecule has 1 aromatic heterocycles. The summed E-state index contributed by atoms with van der Waals surface area (Å²) in [7, 11) is -4.33. The van der Waals surface area contributed by atoms with E-state index in [-0.39, 0.29) is 23.3 Å². The van der Waals surface area contributed by atoms with Crippen LogP contribution in [0.3, 0.4) is 0 Å². The van der Waals surface area contributed by atoms with Gasteiger partial charge < -0.3 is 0 Å². The van der Waals surface area contributed by atoms with Gasteiger partial charge in [0.2, 0.25) is 5.13 Å². The highest BCUT2D eigenvalue weighted by Gasteiger charge is 2.31. The van der Waals surface area contributed by atoms with E-state index in [2.05, 4.69) is 32.5 Å². The van der Waals surface area contributed by atoms with Gasteiger partial charge in [-0.05, 0) is 49.9 Å². The van der Waals surface area contributed by atoms with Crippen molar-refractivity contribution in [2.45, 2.75) is 44.2 Å². The van der Waals surface area contributed by atoms with E-state index >= 15 is 0 Å². The van der Waals surface area contributed by atoms with Gasteiger partial charge in [-0.3, -0.25) is 9.62 Å². The van der Waals surface area contributed by atoms with Crippen molar-refractivity contribution in [2.75, 3.05) is 11.3 Å². The molecule has 1 aliphatic heterocycles. The largest absolute Gasteiger partial charge is 0.292 e. The average molecular weight is 481 g/mol. The SMILES string of the molecule is C=C(/C=C\C=C/C)[C@H]1[C@@H](C)CCCN1Cc1cc(F)c(S(=O)(=O)Nc2ncns2)cc1F. The van der Waals surface area contributed by atoms with Crippen molar-refractivity contribution in [1.29, 1.82) is 0 Å². The van der Waals surface area contributed by atoms with Gasteiger partial charge in [-0.15, -0.1) is 0 Å². The predicted octanol–water partition coefficient (Wildman–Crippen LogP) is 4.91. The van der Waals surface area contributed by atoms with E-state index in [1.54, 1.807) is 0 Å². The first kappa shape index (κ1) is 24.2. The van der Waals surface area contributed by atoms with E-state index in [0.29, 0.717) is 12.5 Å². The molecule has 1 saturated heterocycles. The molecule has 0 radical (unpaired) electrons. The maximum Gasteiger partial charge on any atom is 0.266 e. The highest BCUT2D eigenvalue weighted by molar-refractivity contribution is 7.93. The average Bonchev–Trinajstić information content (AvgIpc) is 3.23. The van der Waals surface area contributed by atoms with Crippen LogP contribution < -0.4 is 4.72 Å². The van der Waals surface area contributed by atoms with Gasteiger partial charge in [-0.1, -0.05) is 37.8 Å². The summed E-state index contributed by atoms with van der Waals surface area (Å²) < 4.78 is 60.4. The fourth-order valence-corrected chi connectivity index (χ4v) is 5.68. The summed E-state index contributed by atoms with van der Waals surface area (Å²) in [5, 5.41) is -0.0245. The number of rotatable bonds is 8. The second-order valence-corrected chi connectivity index (χ2v) is 10.2. The number of likely N-dealkylation sites (tertiary alicyclic amines) is 1. The van der Waals surface area contributed by atoms with E-state index in [1.165, 1.54) is 6.33 Å². The van der Waals surface area contributed by atoms with Crippen molar-refractivity contribution in [3.8, 4) is 0 Å². The molecule has 3 rings (SSSR count).